The SMILES string of the molecule is COc1cc([C@@H]2[C@@H]3C(=O)N(c4ccccc4)C(=O)[C@@H]3ON2c2ccc(Cl)cc2)ccc1O. The largest absolute Gasteiger partial charge is 0.504 e. The molecule has 7 nitrogen and oxygen atoms in total. The average molecular weight is 451 g/mol. The van der Waals surface area contributed by atoms with E-state index in [1.54, 1.807) is 65.7 Å². The highest BCUT2D eigenvalue weighted by molar-refractivity contribution is 6.30. The van der Waals surface area contributed by atoms with Gasteiger partial charge in [-0.1, -0.05) is 35.9 Å². The molecule has 3 aromatic rings. The number of anilines is 2. The van der Waals surface area contributed by atoms with Gasteiger partial charge in [-0.05, 0) is 54.1 Å². The molecule has 32 heavy (non-hydrogen) atoms. The number of halogens is 1. The number of amides is 2. The number of rotatable bonds is 4. The minimum atomic E-state index is -0.983. The first-order valence-corrected chi connectivity index (χ1v) is 10.4. The number of methoxy groups -OCH3 is 1. The zero-order valence-electron chi connectivity index (χ0n) is 17.0. The van der Waals surface area contributed by atoms with Crippen molar-refractivity contribution < 1.29 is 24.3 Å². The number of ether oxygens (including phenoxy) is 1. The zero-order valence-corrected chi connectivity index (χ0v) is 17.8. The summed E-state index contributed by atoms with van der Waals surface area (Å²) in [7, 11) is 1.45. The number of nitrogens with zero attached hydrogens (tertiary/aromatic N) is 2. The van der Waals surface area contributed by atoms with E-state index in [0.29, 0.717) is 22.0 Å². The summed E-state index contributed by atoms with van der Waals surface area (Å²) < 4.78 is 5.26. The number of fused-ring (bicyclic) bond motifs is 1. The normalized spacial score (nSPS) is 22.4. The van der Waals surface area contributed by atoms with E-state index < -0.39 is 24.0 Å². The van der Waals surface area contributed by atoms with Crippen LogP contribution in [-0.2, 0) is 14.4 Å². The van der Waals surface area contributed by atoms with E-state index in [0.717, 1.165) is 0 Å². The van der Waals surface area contributed by atoms with Crippen molar-refractivity contribution in [1.29, 1.82) is 0 Å². The molecule has 3 atom stereocenters. The maximum Gasteiger partial charge on any atom is 0.266 e. The van der Waals surface area contributed by atoms with E-state index in [9.17, 15) is 14.7 Å². The van der Waals surface area contributed by atoms with Crippen LogP contribution in [0.2, 0.25) is 5.02 Å². The Morgan fingerprint density at radius 1 is 0.938 bits per heavy atom. The van der Waals surface area contributed by atoms with Crippen LogP contribution in [0.3, 0.4) is 0 Å². The van der Waals surface area contributed by atoms with Crippen molar-refractivity contribution in [2.75, 3.05) is 17.1 Å². The molecule has 2 amide bonds. The number of para-hydroxylation sites is 1. The van der Waals surface area contributed by atoms with Crippen LogP contribution < -0.4 is 14.7 Å². The number of phenols is 1. The van der Waals surface area contributed by atoms with Crippen LogP contribution in [0.4, 0.5) is 11.4 Å². The first-order chi connectivity index (χ1) is 15.5. The highest BCUT2D eigenvalue weighted by Gasteiger charge is 2.60. The van der Waals surface area contributed by atoms with Crippen LogP contribution in [0.15, 0.2) is 72.8 Å². The lowest BCUT2D eigenvalue weighted by atomic mass is 9.90. The number of phenolic OH excluding ortho intramolecular Hbond substituents is 1. The van der Waals surface area contributed by atoms with Crippen LogP contribution in [0.1, 0.15) is 11.6 Å². The summed E-state index contributed by atoms with van der Waals surface area (Å²) >= 11 is 6.04. The van der Waals surface area contributed by atoms with Gasteiger partial charge in [0, 0.05) is 5.02 Å². The molecule has 2 saturated heterocycles. The van der Waals surface area contributed by atoms with Gasteiger partial charge < -0.3 is 9.84 Å². The number of aromatic hydroxyl groups is 1. The van der Waals surface area contributed by atoms with E-state index in [-0.39, 0.29) is 17.4 Å². The summed E-state index contributed by atoms with van der Waals surface area (Å²) in [6.45, 7) is 0. The molecule has 0 aromatic heterocycles. The van der Waals surface area contributed by atoms with Crippen molar-refractivity contribution in [3.63, 3.8) is 0 Å². The number of imide groups is 1. The Kier molecular flexibility index (Phi) is 5.00. The minimum absolute atomic E-state index is 0.0236. The van der Waals surface area contributed by atoms with Gasteiger partial charge in [-0.3, -0.25) is 14.4 Å². The summed E-state index contributed by atoms with van der Waals surface area (Å²) in [5.74, 6) is -1.31. The van der Waals surface area contributed by atoms with Crippen molar-refractivity contribution >= 4 is 34.8 Å². The Labute approximate surface area is 189 Å². The maximum atomic E-state index is 13.5. The number of carbonyl (C=O) groups excluding carboxylic acids is 2. The van der Waals surface area contributed by atoms with Crippen LogP contribution in [-0.4, -0.2) is 30.1 Å². The van der Waals surface area contributed by atoms with Crippen molar-refractivity contribution in [2.24, 2.45) is 5.92 Å². The number of hydrogen-bond donors (Lipinski definition) is 1. The molecule has 0 radical (unpaired) electrons. The first kappa shape index (κ1) is 20.4. The Balaban J connectivity index is 1.61. The summed E-state index contributed by atoms with van der Waals surface area (Å²) in [6.07, 6.45) is -0.983. The van der Waals surface area contributed by atoms with Crippen molar-refractivity contribution in [3.05, 3.63) is 83.4 Å². The number of carbonyl (C=O) groups is 2. The molecule has 0 bridgehead atoms. The molecule has 0 aliphatic carbocycles. The third-order valence-electron chi connectivity index (χ3n) is 5.76. The lowest BCUT2D eigenvalue weighted by Gasteiger charge is -2.29. The third kappa shape index (κ3) is 3.18. The van der Waals surface area contributed by atoms with E-state index in [2.05, 4.69) is 0 Å². The standard InChI is InChI=1S/C24H19ClN2O5/c1-31-19-13-14(7-12-18(19)28)21-20-22(32-27(21)17-10-8-15(25)9-11-17)24(30)26(23(20)29)16-5-3-2-4-6-16/h2-13,20-22,28H,1H3/t20-,21+,22+/m0/s1. The Hall–Kier alpha value is -3.55. The fraction of sp³-hybridized carbons (Fsp3) is 0.167. The van der Waals surface area contributed by atoms with Gasteiger partial charge in [0.25, 0.3) is 5.91 Å². The molecule has 5 rings (SSSR count). The molecule has 0 unspecified atom stereocenters. The van der Waals surface area contributed by atoms with Crippen molar-refractivity contribution in [2.45, 2.75) is 12.1 Å². The van der Waals surface area contributed by atoms with Crippen molar-refractivity contribution in [3.8, 4) is 11.5 Å². The Morgan fingerprint density at radius 2 is 1.66 bits per heavy atom. The molecule has 2 aliphatic heterocycles. The van der Waals surface area contributed by atoms with Gasteiger partial charge in [-0.25, -0.2) is 9.96 Å². The van der Waals surface area contributed by atoms with Gasteiger partial charge in [0.05, 0.1) is 24.5 Å². The number of hydrogen-bond acceptors (Lipinski definition) is 6. The smallest absolute Gasteiger partial charge is 0.266 e. The Bertz CT molecular complexity index is 1180. The maximum absolute atomic E-state index is 13.5. The first-order valence-electron chi connectivity index (χ1n) is 10.0. The van der Waals surface area contributed by atoms with E-state index in [4.69, 9.17) is 21.2 Å². The van der Waals surface area contributed by atoms with Gasteiger partial charge in [0.2, 0.25) is 5.91 Å². The monoisotopic (exact) mass is 450 g/mol. The van der Waals surface area contributed by atoms with E-state index in [1.807, 2.05) is 6.07 Å². The number of hydroxylamine groups is 1. The number of benzene rings is 3. The lowest BCUT2D eigenvalue weighted by molar-refractivity contribution is -0.126. The molecular formula is C24H19ClN2O5. The molecule has 2 heterocycles. The summed E-state index contributed by atoms with van der Waals surface area (Å²) in [6, 6.07) is 20.0. The highest BCUT2D eigenvalue weighted by Crippen LogP contribution is 2.48. The molecule has 1 N–H and O–H groups in total. The molecular weight excluding hydrogens is 432 g/mol. The van der Waals surface area contributed by atoms with E-state index in [1.165, 1.54) is 18.1 Å². The Morgan fingerprint density at radius 3 is 2.34 bits per heavy atom. The second kappa shape index (κ2) is 7.85. The molecule has 2 fully saturated rings. The molecule has 162 valence electrons. The predicted molar refractivity (Wildman–Crippen MR) is 119 cm³/mol. The van der Waals surface area contributed by atoms with E-state index >= 15 is 0 Å². The van der Waals surface area contributed by atoms with Crippen LogP contribution in [0.5, 0.6) is 11.5 Å². The molecule has 8 heteroatoms. The predicted octanol–water partition coefficient (Wildman–Crippen LogP) is 4.11. The van der Waals surface area contributed by atoms with Gasteiger partial charge in [-0.2, -0.15) is 0 Å². The lowest BCUT2D eigenvalue weighted by Crippen LogP contribution is -2.37. The summed E-state index contributed by atoms with van der Waals surface area (Å²) in [5, 5.41) is 12.2. The topological polar surface area (TPSA) is 79.3 Å². The van der Waals surface area contributed by atoms with Gasteiger partial charge in [-0.15, -0.1) is 0 Å². The fourth-order valence-corrected chi connectivity index (χ4v) is 4.40. The van der Waals surface area contributed by atoms with Gasteiger partial charge in [0.15, 0.2) is 17.6 Å². The van der Waals surface area contributed by atoms with Crippen LogP contribution in [0.25, 0.3) is 0 Å². The average Bonchev–Trinajstić information content (AvgIpc) is 3.31. The highest BCUT2D eigenvalue weighted by atomic mass is 35.5. The second-order valence-corrected chi connectivity index (χ2v) is 8.01. The zero-order chi connectivity index (χ0) is 22.4. The minimum Gasteiger partial charge on any atom is -0.504 e. The second-order valence-electron chi connectivity index (χ2n) is 7.58. The van der Waals surface area contributed by atoms with Gasteiger partial charge >= 0.3 is 0 Å². The fourth-order valence-electron chi connectivity index (χ4n) is 4.28. The van der Waals surface area contributed by atoms with Crippen LogP contribution in [0, 0.1) is 5.92 Å². The van der Waals surface area contributed by atoms with Gasteiger partial charge in [0.1, 0.15) is 5.92 Å². The molecule has 0 saturated carbocycles. The quantitative estimate of drug-likeness (QED) is 0.603. The van der Waals surface area contributed by atoms with Crippen molar-refractivity contribution in [1.82, 2.24) is 0 Å². The molecule has 0 spiro atoms. The summed E-state index contributed by atoms with van der Waals surface area (Å²) in [5.41, 5.74) is 1.81. The van der Waals surface area contributed by atoms with Crippen LogP contribution >= 0.6 is 11.6 Å². The third-order valence-corrected chi connectivity index (χ3v) is 6.01. The molecule has 3 aromatic carbocycles. The summed E-state index contributed by atoms with van der Waals surface area (Å²) in [4.78, 5) is 34.1. The molecule has 2 aliphatic rings.